The lowest BCUT2D eigenvalue weighted by molar-refractivity contribution is -0.138. The Bertz CT molecular complexity index is 542. The molecule has 0 aliphatic rings. The Labute approximate surface area is 127 Å². The number of carboxylic acids is 1. The number of nitrogens with one attached hydrogen (secondary N) is 1. The van der Waals surface area contributed by atoms with Gasteiger partial charge in [0.1, 0.15) is 11.4 Å². The molecule has 0 aromatic heterocycles. The van der Waals surface area contributed by atoms with Crippen LogP contribution in [0.2, 0.25) is 5.02 Å². The van der Waals surface area contributed by atoms with Crippen molar-refractivity contribution in [3.63, 3.8) is 0 Å². The van der Waals surface area contributed by atoms with E-state index in [4.69, 9.17) is 16.3 Å². The molecule has 5 nitrogen and oxygen atoms in total. The molecule has 21 heavy (non-hydrogen) atoms. The summed E-state index contributed by atoms with van der Waals surface area (Å²) in [6, 6.07) is 3.72. The first-order valence-electron chi connectivity index (χ1n) is 6.25. The first-order valence-corrected chi connectivity index (χ1v) is 6.62. The number of ether oxygens (including phenoxy) is 1. The van der Waals surface area contributed by atoms with E-state index in [1.165, 1.54) is 12.1 Å². The Kier molecular flexibility index (Phi) is 5.54. The van der Waals surface area contributed by atoms with E-state index < -0.39 is 29.4 Å². The number of benzene rings is 1. The molecule has 0 heterocycles. The molecule has 0 saturated heterocycles. The van der Waals surface area contributed by atoms with Gasteiger partial charge in [0.2, 0.25) is 0 Å². The van der Waals surface area contributed by atoms with Crippen LogP contribution in [0.4, 0.5) is 9.18 Å². The lowest BCUT2D eigenvalue weighted by atomic mass is 9.99. The van der Waals surface area contributed by atoms with Crippen molar-refractivity contribution in [1.82, 2.24) is 5.32 Å². The Balaban J connectivity index is 2.77. The molecule has 2 N–H and O–H groups in total. The van der Waals surface area contributed by atoms with Gasteiger partial charge in [-0.2, -0.15) is 0 Å². The third-order valence-corrected chi connectivity index (χ3v) is 2.80. The zero-order valence-electron chi connectivity index (χ0n) is 11.9. The topological polar surface area (TPSA) is 75.6 Å². The van der Waals surface area contributed by atoms with Gasteiger partial charge in [-0.1, -0.05) is 17.7 Å². The zero-order valence-corrected chi connectivity index (χ0v) is 12.7. The Morgan fingerprint density at radius 2 is 2.05 bits per heavy atom. The molecule has 7 heteroatoms. The number of aliphatic carboxylic acids is 1. The van der Waals surface area contributed by atoms with Gasteiger partial charge in [0, 0.05) is 6.54 Å². The summed E-state index contributed by atoms with van der Waals surface area (Å²) in [6.07, 6.45) is -0.733. The monoisotopic (exact) mass is 317 g/mol. The molecule has 0 radical (unpaired) electrons. The molecule has 1 atom stereocenters. The Morgan fingerprint density at radius 1 is 1.43 bits per heavy atom. The molecule has 1 aromatic rings. The van der Waals surface area contributed by atoms with Gasteiger partial charge < -0.3 is 15.2 Å². The number of carbonyl (C=O) groups excluding carboxylic acids is 1. The molecule has 1 aromatic carbocycles. The molecule has 0 bridgehead atoms. The SMILES string of the molecule is CC(C)(C)OC(=O)NCC(C(=O)O)c1ccc(Cl)c(F)c1. The molecule has 0 saturated carbocycles. The summed E-state index contributed by atoms with van der Waals surface area (Å²) < 4.78 is 18.4. The summed E-state index contributed by atoms with van der Waals surface area (Å²) in [5.74, 6) is -2.99. The largest absolute Gasteiger partial charge is 0.481 e. The van der Waals surface area contributed by atoms with Crippen molar-refractivity contribution in [3.8, 4) is 0 Å². The minimum Gasteiger partial charge on any atom is -0.481 e. The summed E-state index contributed by atoms with van der Waals surface area (Å²) >= 11 is 5.55. The number of hydrogen-bond donors (Lipinski definition) is 2. The fraction of sp³-hybridized carbons (Fsp3) is 0.429. The van der Waals surface area contributed by atoms with E-state index in [9.17, 15) is 19.1 Å². The Hall–Kier alpha value is -1.82. The van der Waals surface area contributed by atoms with Gasteiger partial charge in [-0.05, 0) is 38.5 Å². The number of halogens is 2. The van der Waals surface area contributed by atoms with Crippen LogP contribution in [-0.2, 0) is 9.53 Å². The van der Waals surface area contributed by atoms with Crippen molar-refractivity contribution < 1.29 is 23.8 Å². The Morgan fingerprint density at radius 3 is 2.52 bits per heavy atom. The number of amides is 1. The maximum absolute atomic E-state index is 13.4. The fourth-order valence-corrected chi connectivity index (χ4v) is 1.69. The highest BCUT2D eigenvalue weighted by molar-refractivity contribution is 6.30. The quantitative estimate of drug-likeness (QED) is 0.894. The minimum atomic E-state index is -1.19. The average molecular weight is 318 g/mol. The predicted molar refractivity (Wildman–Crippen MR) is 76.0 cm³/mol. The van der Waals surface area contributed by atoms with Crippen LogP contribution in [0.3, 0.4) is 0 Å². The van der Waals surface area contributed by atoms with Crippen LogP contribution in [0, 0.1) is 5.82 Å². The minimum absolute atomic E-state index is 0.0945. The van der Waals surface area contributed by atoms with Crippen LogP contribution >= 0.6 is 11.6 Å². The van der Waals surface area contributed by atoms with Crippen molar-refractivity contribution >= 4 is 23.7 Å². The zero-order chi connectivity index (χ0) is 16.2. The van der Waals surface area contributed by atoms with Gasteiger partial charge >= 0.3 is 12.1 Å². The van der Waals surface area contributed by atoms with E-state index in [1.54, 1.807) is 20.8 Å². The van der Waals surface area contributed by atoms with Crippen LogP contribution in [-0.4, -0.2) is 29.3 Å². The number of hydrogen-bond acceptors (Lipinski definition) is 3. The number of alkyl carbamates (subject to hydrolysis) is 1. The lowest BCUT2D eigenvalue weighted by Gasteiger charge is -2.21. The second-order valence-electron chi connectivity index (χ2n) is 5.45. The normalized spacial score (nSPS) is 12.6. The van der Waals surface area contributed by atoms with E-state index in [2.05, 4.69) is 5.32 Å². The van der Waals surface area contributed by atoms with E-state index in [0.717, 1.165) is 6.07 Å². The van der Waals surface area contributed by atoms with Crippen molar-refractivity contribution in [2.75, 3.05) is 6.54 Å². The van der Waals surface area contributed by atoms with E-state index in [0.29, 0.717) is 0 Å². The molecule has 116 valence electrons. The first kappa shape index (κ1) is 17.2. The number of carbonyl (C=O) groups is 2. The van der Waals surface area contributed by atoms with Gasteiger partial charge in [-0.25, -0.2) is 9.18 Å². The van der Waals surface area contributed by atoms with Crippen LogP contribution in [0.5, 0.6) is 0 Å². The van der Waals surface area contributed by atoms with Gasteiger partial charge in [0.15, 0.2) is 0 Å². The summed E-state index contributed by atoms with van der Waals surface area (Å²) in [4.78, 5) is 22.8. The van der Waals surface area contributed by atoms with Crippen LogP contribution in [0.25, 0.3) is 0 Å². The average Bonchev–Trinajstić information content (AvgIpc) is 2.31. The van der Waals surface area contributed by atoms with Crippen LogP contribution in [0.1, 0.15) is 32.3 Å². The third-order valence-electron chi connectivity index (χ3n) is 2.49. The van der Waals surface area contributed by atoms with Crippen molar-refractivity contribution in [3.05, 3.63) is 34.6 Å². The molecular formula is C14H17ClFNO4. The standard InChI is InChI=1S/C14H17ClFNO4/c1-14(2,3)21-13(20)17-7-9(12(18)19)8-4-5-10(15)11(16)6-8/h4-6,9H,7H2,1-3H3,(H,17,20)(H,18,19). The van der Waals surface area contributed by atoms with Gasteiger partial charge in [-0.3, -0.25) is 4.79 Å². The van der Waals surface area contributed by atoms with Crippen molar-refractivity contribution in [1.29, 1.82) is 0 Å². The fourth-order valence-electron chi connectivity index (χ4n) is 1.58. The third kappa shape index (κ3) is 5.59. The van der Waals surface area contributed by atoms with Gasteiger partial charge in [-0.15, -0.1) is 0 Å². The highest BCUT2D eigenvalue weighted by Crippen LogP contribution is 2.22. The highest BCUT2D eigenvalue weighted by atomic mass is 35.5. The molecular weight excluding hydrogens is 301 g/mol. The van der Waals surface area contributed by atoms with Crippen LogP contribution < -0.4 is 5.32 Å². The first-order chi connectivity index (χ1) is 9.60. The molecule has 0 aliphatic heterocycles. The predicted octanol–water partition coefficient (Wildman–Crippen LogP) is 3.17. The second-order valence-corrected chi connectivity index (χ2v) is 5.85. The van der Waals surface area contributed by atoms with Crippen molar-refractivity contribution in [2.45, 2.75) is 32.3 Å². The van der Waals surface area contributed by atoms with E-state index in [-0.39, 0.29) is 17.1 Å². The summed E-state index contributed by atoms with van der Waals surface area (Å²) in [7, 11) is 0. The summed E-state index contributed by atoms with van der Waals surface area (Å²) in [6.45, 7) is 4.85. The number of rotatable bonds is 4. The molecule has 0 fully saturated rings. The summed E-state index contributed by atoms with van der Waals surface area (Å²) in [5.41, 5.74) is -0.477. The van der Waals surface area contributed by atoms with Crippen molar-refractivity contribution in [2.24, 2.45) is 0 Å². The summed E-state index contributed by atoms with van der Waals surface area (Å²) in [5, 5.41) is 11.4. The van der Waals surface area contributed by atoms with E-state index in [1.807, 2.05) is 0 Å². The maximum Gasteiger partial charge on any atom is 0.407 e. The number of carboxylic acid groups (broad SMARTS) is 1. The molecule has 1 rings (SSSR count). The molecule has 1 amide bonds. The van der Waals surface area contributed by atoms with E-state index >= 15 is 0 Å². The molecule has 0 aliphatic carbocycles. The van der Waals surface area contributed by atoms with Gasteiger partial charge in [0.05, 0.1) is 10.9 Å². The van der Waals surface area contributed by atoms with Gasteiger partial charge in [0.25, 0.3) is 0 Å². The lowest BCUT2D eigenvalue weighted by Crippen LogP contribution is -2.36. The molecule has 1 unspecified atom stereocenters. The maximum atomic E-state index is 13.4. The smallest absolute Gasteiger partial charge is 0.407 e. The molecule has 0 spiro atoms. The second kappa shape index (κ2) is 6.76. The highest BCUT2D eigenvalue weighted by Gasteiger charge is 2.23. The van der Waals surface area contributed by atoms with Crippen LogP contribution in [0.15, 0.2) is 18.2 Å².